The second kappa shape index (κ2) is 6.45. The predicted octanol–water partition coefficient (Wildman–Crippen LogP) is 4.74. The molecule has 4 heteroatoms. The van der Waals surface area contributed by atoms with E-state index in [-0.39, 0.29) is 11.9 Å². The number of halogens is 2. The van der Waals surface area contributed by atoms with Crippen LogP contribution in [0.3, 0.4) is 0 Å². The van der Waals surface area contributed by atoms with Crippen molar-refractivity contribution in [3.05, 3.63) is 56.4 Å². The molecule has 0 saturated heterocycles. The minimum absolute atomic E-state index is 0.0909. The summed E-state index contributed by atoms with van der Waals surface area (Å²) < 4.78 is 15.0. The SMILES string of the molecule is CCCNC(c1ccccc1F)c1cscc1Br. The van der Waals surface area contributed by atoms with Gasteiger partial charge in [0.1, 0.15) is 5.82 Å². The molecule has 1 aromatic carbocycles. The molecule has 0 aliphatic heterocycles. The summed E-state index contributed by atoms with van der Waals surface area (Å²) in [5, 5.41) is 7.49. The average Bonchev–Trinajstić information content (AvgIpc) is 2.78. The molecule has 2 aromatic rings. The number of benzene rings is 1. The summed E-state index contributed by atoms with van der Waals surface area (Å²) in [7, 11) is 0. The molecule has 1 heterocycles. The van der Waals surface area contributed by atoms with Gasteiger partial charge in [0.25, 0.3) is 0 Å². The normalized spacial score (nSPS) is 12.6. The Labute approximate surface area is 119 Å². The lowest BCUT2D eigenvalue weighted by molar-refractivity contribution is 0.546. The van der Waals surface area contributed by atoms with Gasteiger partial charge < -0.3 is 5.32 Å². The van der Waals surface area contributed by atoms with Gasteiger partial charge in [0.15, 0.2) is 0 Å². The smallest absolute Gasteiger partial charge is 0.128 e. The van der Waals surface area contributed by atoms with Gasteiger partial charge in [-0.05, 0) is 45.9 Å². The van der Waals surface area contributed by atoms with Crippen LogP contribution in [0.25, 0.3) is 0 Å². The van der Waals surface area contributed by atoms with Crippen molar-refractivity contribution in [2.24, 2.45) is 0 Å². The van der Waals surface area contributed by atoms with Gasteiger partial charge >= 0.3 is 0 Å². The maximum absolute atomic E-state index is 13.9. The van der Waals surface area contributed by atoms with Crippen LogP contribution in [0.15, 0.2) is 39.5 Å². The Morgan fingerprint density at radius 3 is 2.67 bits per heavy atom. The van der Waals surface area contributed by atoms with Gasteiger partial charge in [-0.25, -0.2) is 4.39 Å². The van der Waals surface area contributed by atoms with Gasteiger partial charge in [-0.1, -0.05) is 25.1 Å². The highest BCUT2D eigenvalue weighted by Gasteiger charge is 2.19. The summed E-state index contributed by atoms with van der Waals surface area (Å²) in [6.45, 7) is 2.97. The zero-order valence-corrected chi connectivity index (χ0v) is 12.5. The highest BCUT2D eigenvalue weighted by Crippen LogP contribution is 2.32. The first kappa shape index (κ1) is 13.7. The molecule has 1 N–H and O–H groups in total. The van der Waals surface area contributed by atoms with E-state index in [0.717, 1.165) is 23.0 Å². The Morgan fingerprint density at radius 2 is 2.06 bits per heavy atom. The van der Waals surface area contributed by atoms with Crippen molar-refractivity contribution in [2.75, 3.05) is 6.54 Å². The van der Waals surface area contributed by atoms with Crippen LogP contribution < -0.4 is 5.32 Å². The van der Waals surface area contributed by atoms with Crippen LogP contribution in [0, 0.1) is 5.82 Å². The van der Waals surface area contributed by atoms with Crippen molar-refractivity contribution < 1.29 is 4.39 Å². The van der Waals surface area contributed by atoms with Crippen molar-refractivity contribution in [2.45, 2.75) is 19.4 Å². The van der Waals surface area contributed by atoms with Gasteiger partial charge in [0.05, 0.1) is 6.04 Å². The highest BCUT2D eigenvalue weighted by atomic mass is 79.9. The number of hydrogen-bond donors (Lipinski definition) is 1. The van der Waals surface area contributed by atoms with Crippen LogP contribution in [0.2, 0.25) is 0 Å². The molecular weight excluding hydrogens is 313 g/mol. The van der Waals surface area contributed by atoms with E-state index in [2.05, 4.69) is 33.6 Å². The summed E-state index contributed by atoms with van der Waals surface area (Å²) in [6, 6.07) is 6.85. The fraction of sp³-hybridized carbons (Fsp3) is 0.286. The van der Waals surface area contributed by atoms with Crippen LogP contribution in [0.5, 0.6) is 0 Å². The third-order valence-electron chi connectivity index (χ3n) is 2.77. The second-order valence-electron chi connectivity index (χ2n) is 4.08. The van der Waals surface area contributed by atoms with E-state index in [4.69, 9.17) is 0 Å². The zero-order valence-electron chi connectivity index (χ0n) is 10.1. The monoisotopic (exact) mass is 327 g/mol. The fourth-order valence-electron chi connectivity index (χ4n) is 1.88. The molecule has 0 saturated carbocycles. The molecule has 0 fully saturated rings. The molecule has 0 spiro atoms. The standard InChI is InChI=1S/C14H15BrFNS/c1-2-7-17-14(11-8-18-9-12(11)15)10-5-3-4-6-13(10)16/h3-6,8-9,14,17H,2,7H2,1H3. The molecule has 0 bridgehead atoms. The maximum Gasteiger partial charge on any atom is 0.128 e. The quantitative estimate of drug-likeness (QED) is 0.836. The second-order valence-corrected chi connectivity index (χ2v) is 5.68. The molecule has 1 atom stereocenters. The van der Waals surface area contributed by atoms with Crippen LogP contribution >= 0.6 is 27.3 Å². The first-order valence-electron chi connectivity index (χ1n) is 5.93. The van der Waals surface area contributed by atoms with E-state index in [9.17, 15) is 4.39 Å². The molecule has 18 heavy (non-hydrogen) atoms. The van der Waals surface area contributed by atoms with Crippen molar-refractivity contribution in [1.82, 2.24) is 5.32 Å². The van der Waals surface area contributed by atoms with Crippen molar-refractivity contribution in [1.29, 1.82) is 0 Å². The molecule has 0 aliphatic carbocycles. The van der Waals surface area contributed by atoms with E-state index >= 15 is 0 Å². The van der Waals surface area contributed by atoms with Gasteiger partial charge in [-0.2, -0.15) is 11.3 Å². The van der Waals surface area contributed by atoms with Gasteiger partial charge in [0, 0.05) is 15.4 Å². The van der Waals surface area contributed by atoms with Gasteiger partial charge in [-0.3, -0.25) is 0 Å². The summed E-state index contributed by atoms with van der Waals surface area (Å²) in [4.78, 5) is 0. The average molecular weight is 328 g/mol. The lowest BCUT2D eigenvalue weighted by atomic mass is 10.0. The molecule has 1 aromatic heterocycles. The summed E-state index contributed by atoms with van der Waals surface area (Å²) in [5.74, 6) is -0.163. The van der Waals surface area contributed by atoms with E-state index in [1.54, 1.807) is 17.4 Å². The minimum Gasteiger partial charge on any atom is -0.306 e. The number of thiophene rings is 1. The van der Waals surface area contributed by atoms with Crippen LogP contribution in [-0.4, -0.2) is 6.54 Å². The van der Waals surface area contributed by atoms with Crippen molar-refractivity contribution in [3.8, 4) is 0 Å². The summed E-state index contributed by atoms with van der Waals surface area (Å²) in [6.07, 6.45) is 1.02. The first-order valence-corrected chi connectivity index (χ1v) is 7.67. The molecule has 2 rings (SSSR count). The lowest BCUT2D eigenvalue weighted by Crippen LogP contribution is -2.24. The largest absolute Gasteiger partial charge is 0.306 e. The number of nitrogens with one attached hydrogen (secondary N) is 1. The zero-order chi connectivity index (χ0) is 13.0. The third kappa shape index (κ3) is 2.99. The fourth-order valence-corrected chi connectivity index (χ4v) is 3.43. The molecule has 1 unspecified atom stereocenters. The molecule has 1 nitrogen and oxygen atoms in total. The Morgan fingerprint density at radius 1 is 1.28 bits per heavy atom. The van der Waals surface area contributed by atoms with Crippen LogP contribution in [0.4, 0.5) is 4.39 Å². The highest BCUT2D eigenvalue weighted by molar-refractivity contribution is 9.10. The first-order chi connectivity index (χ1) is 8.74. The Hall–Kier alpha value is -0.710. The van der Waals surface area contributed by atoms with E-state index in [1.165, 1.54) is 6.07 Å². The molecule has 0 amide bonds. The lowest BCUT2D eigenvalue weighted by Gasteiger charge is -2.19. The van der Waals surface area contributed by atoms with Crippen molar-refractivity contribution >= 4 is 27.3 Å². The van der Waals surface area contributed by atoms with Crippen molar-refractivity contribution in [3.63, 3.8) is 0 Å². The van der Waals surface area contributed by atoms with E-state index < -0.39 is 0 Å². The van der Waals surface area contributed by atoms with Crippen LogP contribution in [0.1, 0.15) is 30.5 Å². The third-order valence-corrected chi connectivity index (χ3v) is 4.52. The van der Waals surface area contributed by atoms with Gasteiger partial charge in [-0.15, -0.1) is 0 Å². The maximum atomic E-state index is 13.9. The van der Waals surface area contributed by atoms with Crippen LogP contribution in [-0.2, 0) is 0 Å². The minimum atomic E-state index is -0.163. The summed E-state index contributed by atoms with van der Waals surface area (Å²) >= 11 is 5.15. The number of rotatable bonds is 5. The Kier molecular flexibility index (Phi) is 4.92. The Balaban J connectivity index is 2.37. The molecular formula is C14H15BrFNS. The summed E-state index contributed by atoms with van der Waals surface area (Å²) in [5.41, 5.74) is 1.80. The molecule has 0 radical (unpaired) electrons. The topological polar surface area (TPSA) is 12.0 Å². The van der Waals surface area contributed by atoms with E-state index in [1.807, 2.05) is 17.5 Å². The Bertz CT molecular complexity index is 512. The molecule has 96 valence electrons. The van der Waals surface area contributed by atoms with Gasteiger partial charge in [0.2, 0.25) is 0 Å². The van der Waals surface area contributed by atoms with E-state index in [0.29, 0.717) is 5.56 Å². The molecule has 0 aliphatic rings. The predicted molar refractivity (Wildman–Crippen MR) is 78.6 cm³/mol. The number of hydrogen-bond acceptors (Lipinski definition) is 2.